The van der Waals surface area contributed by atoms with Gasteiger partial charge in [-0.3, -0.25) is 4.79 Å². The number of amides is 1. The number of methoxy groups -OCH3 is 2. The fourth-order valence-electron chi connectivity index (χ4n) is 3.49. The second kappa shape index (κ2) is 6.90. The maximum absolute atomic E-state index is 11.8. The largest absolute Gasteiger partial charge is 0.497 e. The molecule has 0 spiro atoms. The van der Waals surface area contributed by atoms with Crippen LogP contribution >= 0.6 is 0 Å². The van der Waals surface area contributed by atoms with Crippen molar-refractivity contribution >= 4 is 27.7 Å². The van der Waals surface area contributed by atoms with E-state index >= 15 is 0 Å². The summed E-state index contributed by atoms with van der Waals surface area (Å²) in [5.74, 6) is 2.15. The lowest BCUT2D eigenvalue weighted by atomic mass is 10.1. The third kappa shape index (κ3) is 3.09. The molecule has 2 aromatic carbocycles. The van der Waals surface area contributed by atoms with Crippen LogP contribution in [0.1, 0.15) is 19.3 Å². The van der Waals surface area contributed by atoms with Crippen molar-refractivity contribution in [3.63, 3.8) is 0 Å². The van der Waals surface area contributed by atoms with Gasteiger partial charge in [-0.1, -0.05) is 0 Å². The summed E-state index contributed by atoms with van der Waals surface area (Å²) in [6.45, 7) is 1.52. The lowest BCUT2D eigenvalue weighted by Crippen LogP contribution is -2.26. The predicted molar refractivity (Wildman–Crippen MR) is 103 cm³/mol. The maximum atomic E-state index is 11.8. The molecule has 5 nitrogen and oxygen atoms in total. The van der Waals surface area contributed by atoms with Gasteiger partial charge in [0.15, 0.2) is 0 Å². The molecule has 0 aliphatic heterocycles. The summed E-state index contributed by atoms with van der Waals surface area (Å²) in [4.78, 5) is 11.8. The summed E-state index contributed by atoms with van der Waals surface area (Å²) in [6.07, 6.45) is 2.96. The third-order valence-electron chi connectivity index (χ3n) is 5.09. The average molecular weight is 352 g/mol. The number of carbonyl (C=O) groups is 1. The fourth-order valence-corrected chi connectivity index (χ4v) is 3.49. The van der Waals surface area contributed by atoms with E-state index in [1.165, 1.54) is 10.8 Å². The molecule has 1 aliphatic rings. The second-order valence-corrected chi connectivity index (χ2v) is 6.84. The predicted octanol–water partition coefficient (Wildman–Crippen LogP) is 3.73. The van der Waals surface area contributed by atoms with Gasteiger partial charge in [-0.05, 0) is 43.5 Å². The summed E-state index contributed by atoms with van der Waals surface area (Å²) in [7, 11) is 3.37. The number of benzene rings is 2. The molecular formula is C21H24N2O3. The summed E-state index contributed by atoms with van der Waals surface area (Å²) in [5, 5.41) is 5.45. The van der Waals surface area contributed by atoms with Gasteiger partial charge < -0.3 is 19.4 Å². The Bertz CT molecular complexity index is 895. The van der Waals surface area contributed by atoms with Gasteiger partial charge in [0.1, 0.15) is 11.5 Å². The highest BCUT2D eigenvalue weighted by Crippen LogP contribution is 2.34. The van der Waals surface area contributed by atoms with Crippen LogP contribution in [0.5, 0.6) is 11.5 Å². The van der Waals surface area contributed by atoms with E-state index in [2.05, 4.69) is 34.1 Å². The summed E-state index contributed by atoms with van der Waals surface area (Å²) >= 11 is 0. The van der Waals surface area contributed by atoms with Gasteiger partial charge in [0.25, 0.3) is 0 Å². The van der Waals surface area contributed by atoms with Crippen LogP contribution in [0.15, 0.2) is 36.4 Å². The van der Waals surface area contributed by atoms with Gasteiger partial charge in [0.2, 0.25) is 5.91 Å². The quantitative estimate of drug-likeness (QED) is 0.659. The van der Waals surface area contributed by atoms with Crippen LogP contribution < -0.4 is 14.8 Å². The summed E-state index contributed by atoms with van der Waals surface area (Å²) < 4.78 is 13.1. The minimum Gasteiger partial charge on any atom is -0.497 e. The molecule has 0 atom stereocenters. The molecule has 5 heteroatoms. The van der Waals surface area contributed by atoms with E-state index in [0.29, 0.717) is 6.54 Å². The number of hydrogen-bond acceptors (Lipinski definition) is 3. The zero-order valence-corrected chi connectivity index (χ0v) is 15.2. The zero-order chi connectivity index (χ0) is 18.1. The Morgan fingerprint density at radius 3 is 2.12 bits per heavy atom. The number of fused-ring (bicyclic) bond motifs is 3. The van der Waals surface area contributed by atoms with Crippen LogP contribution in [0, 0.1) is 5.92 Å². The topological polar surface area (TPSA) is 52.5 Å². The minimum absolute atomic E-state index is 0.204. The number of ether oxygens (including phenoxy) is 2. The molecule has 4 rings (SSSR count). The van der Waals surface area contributed by atoms with E-state index in [9.17, 15) is 4.79 Å². The number of carbonyl (C=O) groups excluding carboxylic acids is 1. The van der Waals surface area contributed by atoms with Crippen LogP contribution in [0.4, 0.5) is 0 Å². The molecule has 1 amide bonds. The number of nitrogens with zero attached hydrogens (tertiary/aromatic N) is 1. The van der Waals surface area contributed by atoms with E-state index in [-0.39, 0.29) is 11.8 Å². The molecule has 26 heavy (non-hydrogen) atoms. The minimum atomic E-state index is 0.204. The Kier molecular flexibility index (Phi) is 4.45. The molecule has 1 saturated carbocycles. The molecule has 0 unspecified atom stereocenters. The smallest absolute Gasteiger partial charge is 0.223 e. The summed E-state index contributed by atoms with van der Waals surface area (Å²) in [5.41, 5.74) is 2.28. The SMILES string of the molecule is COc1ccc2c3ccc(OC)cc3n(CCCNC(=O)C3CC3)c2c1. The normalized spacial score (nSPS) is 13.9. The number of aryl methyl sites for hydroxylation is 1. The Balaban J connectivity index is 1.65. The zero-order valence-electron chi connectivity index (χ0n) is 15.2. The van der Waals surface area contributed by atoms with E-state index in [0.717, 1.165) is 48.3 Å². The van der Waals surface area contributed by atoms with Crippen LogP contribution in [0.2, 0.25) is 0 Å². The van der Waals surface area contributed by atoms with Crippen molar-refractivity contribution in [1.82, 2.24) is 9.88 Å². The van der Waals surface area contributed by atoms with Gasteiger partial charge in [-0.25, -0.2) is 0 Å². The van der Waals surface area contributed by atoms with Gasteiger partial charge in [-0.15, -0.1) is 0 Å². The first-order valence-electron chi connectivity index (χ1n) is 9.13. The van der Waals surface area contributed by atoms with Crippen molar-refractivity contribution in [3.8, 4) is 11.5 Å². The Labute approximate surface area is 152 Å². The van der Waals surface area contributed by atoms with Crippen LogP contribution in [-0.4, -0.2) is 31.2 Å². The first-order valence-corrected chi connectivity index (χ1v) is 9.13. The van der Waals surface area contributed by atoms with Crippen molar-refractivity contribution in [3.05, 3.63) is 36.4 Å². The molecule has 0 radical (unpaired) electrons. The van der Waals surface area contributed by atoms with Crippen molar-refractivity contribution in [2.75, 3.05) is 20.8 Å². The van der Waals surface area contributed by atoms with Crippen LogP contribution in [0.25, 0.3) is 21.8 Å². The highest BCUT2D eigenvalue weighted by Gasteiger charge is 2.29. The molecule has 0 saturated heterocycles. The van der Waals surface area contributed by atoms with Crippen molar-refractivity contribution < 1.29 is 14.3 Å². The van der Waals surface area contributed by atoms with Gasteiger partial charge in [0, 0.05) is 41.9 Å². The molecule has 0 bridgehead atoms. The van der Waals surface area contributed by atoms with Gasteiger partial charge >= 0.3 is 0 Å². The van der Waals surface area contributed by atoms with Crippen molar-refractivity contribution in [2.45, 2.75) is 25.8 Å². The van der Waals surface area contributed by atoms with Crippen LogP contribution in [-0.2, 0) is 11.3 Å². The molecule has 1 fully saturated rings. The van der Waals surface area contributed by atoms with E-state index in [4.69, 9.17) is 9.47 Å². The standard InChI is InChI=1S/C21H24N2O3/c1-25-15-6-8-17-18-9-7-16(26-2)13-20(18)23(19(17)12-15)11-3-10-22-21(24)14-4-5-14/h6-9,12-14H,3-5,10-11H2,1-2H3,(H,22,24). The highest BCUT2D eigenvalue weighted by molar-refractivity contribution is 6.08. The maximum Gasteiger partial charge on any atom is 0.223 e. The molecule has 1 aliphatic carbocycles. The van der Waals surface area contributed by atoms with Gasteiger partial charge in [0.05, 0.1) is 25.3 Å². The molecule has 1 N–H and O–H groups in total. The fraction of sp³-hybridized carbons (Fsp3) is 0.381. The van der Waals surface area contributed by atoms with Crippen molar-refractivity contribution in [1.29, 1.82) is 0 Å². The Morgan fingerprint density at radius 2 is 1.62 bits per heavy atom. The second-order valence-electron chi connectivity index (χ2n) is 6.84. The Morgan fingerprint density at radius 1 is 1.04 bits per heavy atom. The Hall–Kier alpha value is -2.69. The molecule has 3 aromatic rings. The van der Waals surface area contributed by atoms with Crippen molar-refractivity contribution in [2.24, 2.45) is 5.92 Å². The number of rotatable bonds is 7. The lowest BCUT2D eigenvalue weighted by molar-refractivity contribution is -0.122. The van der Waals surface area contributed by atoms with E-state index in [1.54, 1.807) is 14.2 Å². The molecule has 1 heterocycles. The average Bonchev–Trinajstić information content (AvgIpc) is 3.48. The lowest BCUT2D eigenvalue weighted by Gasteiger charge is -2.10. The number of nitrogens with one attached hydrogen (secondary N) is 1. The van der Waals surface area contributed by atoms with E-state index < -0.39 is 0 Å². The first kappa shape index (κ1) is 16.8. The van der Waals surface area contributed by atoms with Gasteiger partial charge in [-0.2, -0.15) is 0 Å². The monoisotopic (exact) mass is 352 g/mol. The number of hydrogen-bond donors (Lipinski definition) is 1. The molecule has 136 valence electrons. The first-order chi connectivity index (χ1) is 12.7. The third-order valence-corrected chi connectivity index (χ3v) is 5.09. The van der Waals surface area contributed by atoms with Crippen LogP contribution in [0.3, 0.4) is 0 Å². The highest BCUT2D eigenvalue weighted by atomic mass is 16.5. The summed E-state index contributed by atoms with van der Waals surface area (Å²) in [6, 6.07) is 12.3. The number of aromatic nitrogens is 1. The molecular weight excluding hydrogens is 328 g/mol. The molecule has 1 aromatic heterocycles. The van der Waals surface area contributed by atoms with E-state index in [1.807, 2.05) is 12.1 Å².